The molecule has 0 atom stereocenters. The molecule has 164 valence electrons. The van der Waals surface area contributed by atoms with E-state index in [1.54, 1.807) is 13.2 Å². The Kier molecular flexibility index (Phi) is 6.61. The second-order valence-electron chi connectivity index (χ2n) is 7.30. The highest BCUT2D eigenvalue weighted by Crippen LogP contribution is 2.28. The molecule has 32 heavy (non-hydrogen) atoms. The van der Waals surface area contributed by atoms with Gasteiger partial charge < -0.3 is 15.2 Å². The molecule has 0 unspecified atom stereocenters. The van der Waals surface area contributed by atoms with E-state index in [4.69, 9.17) is 9.84 Å². The second-order valence-corrected chi connectivity index (χ2v) is 8.22. The topological polar surface area (TPSA) is 84.3 Å². The number of aromatic nitrogens is 2. The van der Waals surface area contributed by atoms with E-state index in [1.165, 1.54) is 17.7 Å². The molecular weight excluding hydrogens is 429 g/mol. The van der Waals surface area contributed by atoms with Gasteiger partial charge in [0.25, 0.3) is 0 Å². The summed E-state index contributed by atoms with van der Waals surface area (Å²) in [7, 11) is 1.56. The molecule has 0 spiro atoms. The number of halogens is 1. The molecule has 0 amide bonds. The first-order chi connectivity index (χ1) is 15.5. The van der Waals surface area contributed by atoms with E-state index >= 15 is 0 Å². The van der Waals surface area contributed by atoms with Crippen molar-refractivity contribution >= 4 is 33.2 Å². The molecule has 4 rings (SSSR count). The number of carbonyl (C=O) groups is 1. The van der Waals surface area contributed by atoms with Crippen molar-refractivity contribution in [2.24, 2.45) is 0 Å². The number of ether oxygens (including phenoxy) is 1. The fourth-order valence-corrected chi connectivity index (χ4v) is 4.33. The number of fused-ring (bicyclic) bond motifs is 1. The third kappa shape index (κ3) is 5.03. The van der Waals surface area contributed by atoms with E-state index in [2.05, 4.69) is 15.3 Å². The lowest BCUT2D eigenvalue weighted by atomic mass is 10.0. The van der Waals surface area contributed by atoms with E-state index in [0.717, 1.165) is 27.8 Å². The first-order valence-corrected chi connectivity index (χ1v) is 11.0. The summed E-state index contributed by atoms with van der Waals surface area (Å²) in [6.07, 6.45) is 2.58. The molecule has 0 aliphatic rings. The predicted octanol–water partition coefficient (Wildman–Crippen LogP) is 5.18. The minimum atomic E-state index is -0.847. The number of thiophene rings is 1. The summed E-state index contributed by atoms with van der Waals surface area (Å²) < 4.78 is 20.3. The first kappa shape index (κ1) is 21.7. The normalized spacial score (nSPS) is 10.9. The number of aliphatic carboxylic acids is 1. The van der Waals surface area contributed by atoms with Crippen LogP contribution in [0.5, 0.6) is 5.75 Å². The maximum absolute atomic E-state index is 14.2. The number of carboxylic acids is 1. The van der Waals surface area contributed by atoms with Gasteiger partial charge in [0.05, 0.1) is 17.5 Å². The van der Waals surface area contributed by atoms with Gasteiger partial charge >= 0.3 is 5.97 Å². The van der Waals surface area contributed by atoms with Crippen molar-refractivity contribution in [2.45, 2.75) is 19.3 Å². The molecule has 2 heterocycles. The molecule has 0 radical (unpaired) electrons. The minimum Gasteiger partial charge on any atom is -0.496 e. The van der Waals surface area contributed by atoms with Crippen molar-refractivity contribution in [3.63, 3.8) is 0 Å². The van der Waals surface area contributed by atoms with Crippen LogP contribution >= 0.6 is 11.3 Å². The summed E-state index contributed by atoms with van der Waals surface area (Å²) in [6, 6.07) is 13.0. The van der Waals surface area contributed by atoms with Gasteiger partial charge in [0.2, 0.25) is 0 Å². The highest BCUT2D eigenvalue weighted by molar-refractivity contribution is 7.17. The molecule has 8 heteroatoms. The van der Waals surface area contributed by atoms with Crippen LogP contribution in [0.3, 0.4) is 0 Å². The largest absolute Gasteiger partial charge is 0.496 e. The highest BCUT2D eigenvalue weighted by atomic mass is 32.1. The summed E-state index contributed by atoms with van der Waals surface area (Å²) in [4.78, 5) is 19.5. The number of hydrogen-bond donors (Lipinski definition) is 2. The lowest BCUT2D eigenvalue weighted by Crippen LogP contribution is -2.07. The number of hydrogen-bond acceptors (Lipinski definition) is 6. The first-order valence-electron chi connectivity index (χ1n) is 10.1. The molecule has 2 aromatic heterocycles. The lowest BCUT2D eigenvalue weighted by molar-refractivity contribution is -0.136. The molecular formula is C24H22FN3O3S. The molecule has 6 nitrogen and oxygen atoms in total. The van der Waals surface area contributed by atoms with Crippen LogP contribution in [0.25, 0.3) is 21.3 Å². The van der Waals surface area contributed by atoms with Crippen molar-refractivity contribution in [1.82, 2.24) is 9.97 Å². The number of benzene rings is 2. The minimum absolute atomic E-state index is 0.0422. The summed E-state index contributed by atoms with van der Waals surface area (Å²) >= 11 is 1.41. The Morgan fingerprint density at radius 1 is 1.16 bits per heavy atom. The van der Waals surface area contributed by atoms with Crippen molar-refractivity contribution in [1.29, 1.82) is 0 Å². The van der Waals surface area contributed by atoms with Gasteiger partial charge in [-0.05, 0) is 52.9 Å². The van der Waals surface area contributed by atoms with Crippen LogP contribution < -0.4 is 10.1 Å². The van der Waals surface area contributed by atoms with E-state index in [0.29, 0.717) is 35.7 Å². The zero-order valence-electron chi connectivity index (χ0n) is 17.5. The SMILES string of the molecule is COc1cc(-c2cc(NCCc3cc(F)c4sccc4c3)ncn2)ccc1CCC(=O)O. The predicted molar refractivity (Wildman–Crippen MR) is 124 cm³/mol. The summed E-state index contributed by atoms with van der Waals surface area (Å²) in [5.41, 5.74) is 3.32. The molecule has 4 aromatic rings. The van der Waals surface area contributed by atoms with Crippen LogP contribution in [-0.4, -0.2) is 34.7 Å². The summed E-state index contributed by atoms with van der Waals surface area (Å²) in [6.45, 7) is 0.600. The third-order valence-corrected chi connectivity index (χ3v) is 6.08. The Morgan fingerprint density at radius 2 is 2.03 bits per heavy atom. The van der Waals surface area contributed by atoms with Gasteiger partial charge in [0, 0.05) is 24.6 Å². The van der Waals surface area contributed by atoms with Gasteiger partial charge in [-0.2, -0.15) is 0 Å². The van der Waals surface area contributed by atoms with Crippen LogP contribution in [0.4, 0.5) is 10.2 Å². The van der Waals surface area contributed by atoms with Gasteiger partial charge in [-0.25, -0.2) is 14.4 Å². The van der Waals surface area contributed by atoms with Crippen LogP contribution in [0.15, 0.2) is 54.2 Å². The molecule has 0 fully saturated rings. The Balaban J connectivity index is 1.44. The number of methoxy groups -OCH3 is 1. The summed E-state index contributed by atoms with van der Waals surface area (Å²) in [5.74, 6) is 0.266. The van der Waals surface area contributed by atoms with Crippen LogP contribution in [0.2, 0.25) is 0 Å². The smallest absolute Gasteiger partial charge is 0.303 e. The van der Waals surface area contributed by atoms with E-state index in [-0.39, 0.29) is 12.2 Å². The number of rotatable bonds is 9. The molecule has 2 N–H and O–H groups in total. The second kappa shape index (κ2) is 9.74. The van der Waals surface area contributed by atoms with Gasteiger partial charge in [-0.15, -0.1) is 11.3 Å². The van der Waals surface area contributed by atoms with Crippen LogP contribution in [0.1, 0.15) is 17.5 Å². The quantitative estimate of drug-likeness (QED) is 0.365. The Morgan fingerprint density at radius 3 is 2.84 bits per heavy atom. The van der Waals surface area contributed by atoms with Crippen molar-refractivity contribution in [3.05, 3.63) is 71.1 Å². The van der Waals surface area contributed by atoms with Crippen LogP contribution in [-0.2, 0) is 17.6 Å². The third-order valence-electron chi connectivity index (χ3n) is 5.14. The van der Waals surface area contributed by atoms with Crippen LogP contribution in [0, 0.1) is 5.82 Å². The molecule has 2 aromatic carbocycles. The molecule has 0 bridgehead atoms. The standard InChI is InChI=1S/C24H22FN3O3S/c1-31-21-12-17(3-2-16(21)4-5-23(29)30)20-13-22(28-14-27-20)26-8-6-15-10-18-7-9-32-24(18)19(25)11-15/h2-3,7,9-14H,4-6,8H2,1H3,(H,29,30)(H,26,27,28). The number of nitrogens with zero attached hydrogens (tertiary/aromatic N) is 2. The lowest BCUT2D eigenvalue weighted by Gasteiger charge is -2.11. The fraction of sp³-hybridized carbons (Fsp3) is 0.208. The van der Waals surface area contributed by atoms with Gasteiger partial charge in [-0.3, -0.25) is 4.79 Å². The van der Waals surface area contributed by atoms with Crippen molar-refractivity contribution < 1.29 is 19.0 Å². The Labute approximate surface area is 188 Å². The maximum atomic E-state index is 14.2. The Hall–Kier alpha value is -3.52. The average molecular weight is 452 g/mol. The molecule has 0 aliphatic heterocycles. The number of carboxylic acid groups (broad SMARTS) is 1. The number of aryl methyl sites for hydroxylation is 1. The number of nitrogens with one attached hydrogen (secondary N) is 1. The van der Waals surface area contributed by atoms with E-state index in [9.17, 15) is 9.18 Å². The van der Waals surface area contributed by atoms with Gasteiger partial charge in [-0.1, -0.05) is 18.2 Å². The van der Waals surface area contributed by atoms with Crippen molar-refractivity contribution in [2.75, 3.05) is 19.0 Å². The van der Waals surface area contributed by atoms with E-state index < -0.39 is 5.97 Å². The molecule has 0 aliphatic carbocycles. The van der Waals surface area contributed by atoms with Gasteiger partial charge in [0.1, 0.15) is 23.7 Å². The van der Waals surface area contributed by atoms with E-state index in [1.807, 2.05) is 41.8 Å². The average Bonchev–Trinajstić information content (AvgIpc) is 3.27. The molecule has 0 saturated carbocycles. The highest BCUT2D eigenvalue weighted by Gasteiger charge is 2.10. The summed E-state index contributed by atoms with van der Waals surface area (Å²) in [5, 5.41) is 15.0. The zero-order valence-corrected chi connectivity index (χ0v) is 18.3. The Bertz CT molecular complexity index is 1260. The fourth-order valence-electron chi connectivity index (χ4n) is 3.54. The van der Waals surface area contributed by atoms with Gasteiger partial charge in [0.15, 0.2) is 0 Å². The maximum Gasteiger partial charge on any atom is 0.303 e. The monoisotopic (exact) mass is 451 g/mol. The van der Waals surface area contributed by atoms with Crippen molar-refractivity contribution in [3.8, 4) is 17.0 Å². The molecule has 0 saturated heterocycles. The number of anilines is 1. The zero-order chi connectivity index (χ0) is 22.5.